The topological polar surface area (TPSA) is 67.2 Å². The first-order valence-corrected chi connectivity index (χ1v) is 3.69. The third kappa shape index (κ3) is 1.18. The van der Waals surface area contributed by atoms with E-state index in [-0.39, 0.29) is 18.8 Å². The van der Waals surface area contributed by atoms with Crippen molar-refractivity contribution in [1.82, 2.24) is 0 Å². The molecule has 1 unspecified atom stereocenters. The highest BCUT2D eigenvalue weighted by molar-refractivity contribution is 6.05. The summed E-state index contributed by atoms with van der Waals surface area (Å²) < 4.78 is 4.67. The normalized spacial score (nSPS) is 27.8. The number of ketones is 1. The van der Waals surface area contributed by atoms with E-state index in [9.17, 15) is 9.59 Å². The fourth-order valence-corrected chi connectivity index (χ4v) is 1.13. The lowest BCUT2D eigenvalue weighted by Crippen LogP contribution is -2.32. The van der Waals surface area contributed by atoms with Crippen molar-refractivity contribution in [2.24, 2.45) is 5.41 Å². The van der Waals surface area contributed by atoms with E-state index in [1.165, 1.54) is 6.92 Å². The fraction of sp³-hybridized carbons (Fsp3) is 0.625. The third-order valence-electron chi connectivity index (χ3n) is 2.14. The van der Waals surface area contributed by atoms with Crippen molar-refractivity contribution in [2.45, 2.75) is 19.8 Å². The maximum atomic E-state index is 11.3. The summed E-state index contributed by atoms with van der Waals surface area (Å²) in [5, 5.41) is 8.27. The molecule has 0 saturated carbocycles. The van der Waals surface area contributed by atoms with Crippen LogP contribution in [0.5, 0.6) is 0 Å². The number of hydrogen-bond donors (Lipinski definition) is 0. The Morgan fingerprint density at radius 2 is 2.50 bits per heavy atom. The van der Waals surface area contributed by atoms with Crippen molar-refractivity contribution in [3.8, 4) is 6.07 Å². The Balaban J connectivity index is 2.78. The number of hydrogen-bond acceptors (Lipinski definition) is 4. The molecule has 12 heavy (non-hydrogen) atoms. The Bertz CT molecular complexity index is 266. The van der Waals surface area contributed by atoms with E-state index in [1.807, 2.05) is 0 Å². The number of Topliss-reactive ketones (excluding diaryl/α,β-unsaturated/α-hetero) is 1. The zero-order valence-corrected chi connectivity index (χ0v) is 6.79. The van der Waals surface area contributed by atoms with Crippen LogP contribution in [-0.4, -0.2) is 18.4 Å². The van der Waals surface area contributed by atoms with Crippen LogP contribution in [-0.2, 0) is 14.3 Å². The lowest BCUT2D eigenvalue weighted by molar-refractivity contribution is -0.150. The van der Waals surface area contributed by atoms with Crippen molar-refractivity contribution in [3.05, 3.63) is 0 Å². The van der Waals surface area contributed by atoms with Gasteiger partial charge in [-0.2, -0.15) is 5.26 Å². The number of cyclic esters (lactones) is 1. The number of carbonyl (C=O) groups excluding carboxylic acids is 2. The number of rotatable bonds is 2. The molecular weight excluding hydrogens is 158 g/mol. The van der Waals surface area contributed by atoms with E-state index in [4.69, 9.17) is 5.26 Å². The molecule has 0 amide bonds. The van der Waals surface area contributed by atoms with E-state index < -0.39 is 11.4 Å². The minimum atomic E-state index is -1.06. The summed E-state index contributed by atoms with van der Waals surface area (Å²) in [5.74, 6) is -0.838. The molecule has 0 radical (unpaired) electrons. The minimum Gasteiger partial charge on any atom is -0.465 e. The molecule has 1 atom stereocenters. The molecule has 0 aliphatic carbocycles. The summed E-state index contributed by atoms with van der Waals surface area (Å²) in [6.07, 6.45) is 0.179. The molecule has 1 rings (SSSR count). The van der Waals surface area contributed by atoms with Gasteiger partial charge in [-0.25, -0.2) is 0 Å². The van der Waals surface area contributed by atoms with Crippen molar-refractivity contribution < 1.29 is 14.3 Å². The molecule has 1 aliphatic heterocycles. The van der Waals surface area contributed by atoms with Gasteiger partial charge in [0.15, 0.2) is 5.78 Å². The number of carbonyl (C=O) groups is 2. The molecule has 1 saturated heterocycles. The number of esters is 1. The van der Waals surface area contributed by atoms with Crippen molar-refractivity contribution in [2.75, 3.05) is 6.61 Å². The van der Waals surface area contributed by atoms with E-state index >= 15 is 0 Å². The van der Waals surface area contributed by atoms with E-state index in [1.54, 1.807) is 6.07 Å². The van der Waals surface area contributed by atoms with Crippen LogP contribution in [0.4, 0.5) is 0 Å². The Hall–Kier alpha value is -1.37. The zero-order chi connectivity index (χ0) is 9.19. The standard InChI is InChI=1S/C8H9NO3/c1-8(6(10)2-4-9)3-5-12-7(8)11/h2-3,5H2,1H3. The van der Waals surface area contributed by atoms with Crippen LogP contribution in [0, 0.1) is 16.7 Å². The predicted molar refractivity (Wildman–Crippen MR) is 38.9 cm³/mol. The van der Waals surface area contributed by atoms with Crippen LogP contribution >= 0.6 is 0 Å². The first-order chi connectivity index (χ1) is 5.61. The Kier molecular flexibility index (Phi) is 2.13. The van der Waals surface area contributed by atoms with Crippen LogP contribution in [0.3, 0.4) is 0 Å². The monoisotopic (exact) mass is 167 g/mol. The smallest absolute Gasteiger partial charge is 0.319 e. The number of nitriles is 1. The Morgan fingerprint density at radius 3 is 2.92 bits per heavy atom. The molecule has 0 aromatic heterocycles. The van der Waals surface area contributed by atoms with Gasteiger partial charge in [-0.1, -0.05) is 0 Å². The maximum absolute atomic E-state index is 11.3. The molecule has 4 heteroatoms. The van der Waals surface area contributed by atoms with Gasteiger partial charge in [0, 0.05) is 6.42 Å². The Morgan fingerprint density at radius 1 is 1.83 bits per heavy atom. The first kappa shape index (κ1) is 8.72. The summed E-state index contributed by atoms with van der Waals surface area (Å²) in [5.41, 5.74) is -1.06. The molecule has 0 aromatic carbocycles. The third-order valence-corrected chi connectivity index (χ3v) is 2.14. The molecule has 1 fully saturated rings. The van der Waals surface area contributed by atoms with Crippen molar-refractivity contribution >= 4 is 11.8 Å². The maximum Gasteiger partial charge on any atom is 0.319 e. The van der Waals surface area contributed by atoms with Crippen molar-refractivity contribution in [1.29, 1.82) is 5.26 Å². The molecular formula is C8H9NO3. The van der Waals surface area contributed by atoms with Crippen LogP contribution in [0.25, 0.3) is 0 Å². The summed E-state index contributed by atoms with van der Waals surface area (Å²) >= 11 is 0. The highest BCUT2D eigenvalue weighted by Gasteiger charge is 2.45. The van der Waals surface area contributed by atoms with Gasteiger partial charge in [0.1, 0.15) is 5.41 Å². The van der Waals surface area contributed by atoms with Crippen LogP contribution < -0.4 is 0 Å². The van der Waals surface area contributed by atoms with Crippen molar-refractivity contribution in [3.63, 3.8) is 0 Å². The summed E-state index contributed by atoms with van der Waals surface area (Å²) in [7, 11) is 0. The second-order valence-corrected chi connectivity index (χ2v) is 2.98. The highest BCUT2D eigenvalue weighted by atomic mass is 16.5. The van der Waals surface area contributed by atoms with Gasteiger partial charge in [0.2, 0.25) is 0 Å². The minimum absolute atomic E-state index is 0.217. The van der Waals surface area contributed by atoms with E-state index in [2.05, 4.69) is 4.74 Å². The average Bonchev–Trinajstić information content (AvgIpc) is 2.34. The molecule has 4 nitrogen and oxygen atoms in total. The second kappa shape index (κ2) is 2.94. The van der Waals surface area contributed by atoms with Crippen LogP contribution in [0.1, 0.15) is 19.8 Å². The summed E-state index contributed by atoms with van der Waals surface area (Å²) in [4.78, 5) is 22.3. The SMILES string of the molecule is CC1(C(=O)CC#N)CCOC1=O. The molecule has 0 spiro atoms. The van der Waals surface area contributed by atoms with Crippen LogP contribution in [0.2, 0.25) is 0 Å². The second-order valence-electron chi connectivity index (χ2n) is 2.98. The molecule has 0 N–H and O–H groups in total. The van der Waals surface area contributed by atoms with E-state index in [0.717, 1.165) is 0 Å². The lowest BCUT2D eigenvalue weighted by Gasteiger charge is -2.14. The zero-order valence-electron chi connectivity index (χ0n) is 6.79. The molecule has 1 aliphatic rings. The van der Waals surface area contributed by atoms with Gasteiger partial charge in [0.05, 0.1) is 19.1 Å². The van der Waals surface area contributed by atoms with E-state index in [0.29, 0.717) is 6.42 Å². The van der Waals surface area contributed by atoms with Gasteiger partial charge < -0.3 is 4.74 Å². The van der Waals surface area contributed by atoms with Gasteiger partial charge in [-0.3, -0.25) is 9.59 Å². The lowest BCUT2D eigenvalue weighted by atomic mass is 9.83. The first-order valence-electron chi connectivity index (χ1n) is 3.69. The highest BCUT2D eigenvalue weighted by Crippen LogP contribution is 2.31. The quantitative estimate of drug-likeness (QED) is 0.441. The Labute approximate surface area is 70.1 Å². The predicted octanol–water partition coefficient (Wildman–Crippen LogP) is 0.422. The molecule has 0 aromatic rings. The van der Waals surface area contributed by atoms with Crippen LogP contribution in [0.15, 0.2) is 0 Å². The number of nitrogens with zero attached hydrogens (tertiary/aromatic N) is 1. The van der Waals surface area contributed by atoms with Gasteiger partial charge >= 0.3 is 5.97 Å². The number of ether oxygens (including phenoxy) is 1. The van der Waals surface area contributed by atoms with Gasteiger partial charge in [-0.05, 0) is 6.92 Å². The molecule has 64 valence electrons. The largest absolute Gasteiger partial charge is 0.465 e. The fourth-order valence-electron chi connectivity index (χ4n) is 1.13. The van der Waals surface area contributed by atoms with Gasteiger partial charge in [0.25, 0.3) is 0 Å². The summed E-state index contributed by atoms with van der Waals surface area (Å²) in [6.45, 7) is 1.81. The average molecular weight is 167 g/mol. The summed E-state index contributed by atoms with van der Waals surface area (Å²) in [6, 6.07) is 1.73. The molecule has 1 heterocycles. The molecule has 0 bridgehead atoms. The van der Waals surface area contributed by atoms with Gasteiger partial charge in [-0.15, -0.1) is 0 Å².